The highest BCUT2D eigenvalue weighted by molar-refractivity contribution is 9.11. The predicted octanol–water partition coefficient (Wildman–Crippen LogP) is 0.692. The summed E-state index contributed by atoms with van der Waals surface area (Å²) in [5.74, 6) is -1.85. The summed E-state index contributed by atoms with van der Waals surface area (Å²) >= 11 is 4.80. The number of thiophene rings is 1. The lowest BCUT2D eigenvalue weighted by molar-refractivity contribution is -0.131. The highest BCUT2D eigenvalue weighted by Crippen LogP contribution is 2.20. The van der Waals surface area contributed by atoms with Crippen LogP contribution in [0.25, 0.3) is 0 Å². The van der Waals surface area contributed by atoms with Crippen LogP contribution in [-0.4, -0.2) is 24.2 Å². The third kappa shape index (κ3) is 2.98. The number of nitrogens with zero attached hydrogens (tertiary/aromatic N) is 2. The Hall–Kier alpha value is -1.54. The van der Waals surface area contributed by atoms with Gasteiger partial charge in [0.05, 0.1) is 10.0 Å². The number of hydrogen-bond acceptors (Lipinski definition) is 5. The molecule has 2 amide bonds. The minimum Gasteiger partial charge on any atom is -0.272 e. The normalized spacial score (nSPS) is 18.6. The maximum absolute atomic E-state index is 11.5. The van der Waals surface area contributed by atoms with Crippen molar-refractivity contribution in [3.63, 3.8) is 0 Å². The first kappa shape index (κ1) is 11.9. The number of carbonyl (C=O) groups is 2. The molecule has 2 N–H and O–H groups in total. The van der Waals surface area contributed by atoms with Crippen LogP contribution in [0.1, 0.15) is 4.88 Å². The summed E-state index contributed by atoms with van der Waals surface area (Å²) in [6.45, 7) is 0. The minimum atomic E-state index is -0.901. The molecule has 1 aromatic rings. The molecule has 88 valence electrons. The van der Waals surface area contributed by atoms with Gasteiger partial charge in [-0.05, 0) is 28.1 Å². The summed E-state index contributed by atoms with van der Waals surface area (Å²) in [4.78, 5) is 23.5. The third-order valence-corrected chi connectivity index (χ3v) is 3.48. The van der Waals surface area contributed by atoms with Gasteiger partial charge >= 0.3 is 0 Å². The van der Waals surface area contributed by atoms with Crippen LogP contribution >= 0.6 is 27.3 Å². The molecular weight excluding hydrogens is 308 g/mol. The van der Waals surface area contributed by atoms with Crippen molar-refractivity contribution in [3.05, 3.63) is 20.8 Å². The van der Waals surface area contributed by atoms with Gasteiger partial charge in [-0.3, -0.25) is 9.59 Å². The standard InChI is InChI=1S/C9H7BrN4O2S/c10-7-2-1-5(17-7)3-11-13-8(15)6-4-12-14-9(6)16/h1-4,6H,(H,13,15)(H,14,16). The average molecular weight is 315 g/mol. The molecule has 1 unspecified atom stereocenters. The molecule has 1 aliphatic rings. The molecule has 0 aromatic carbocycles. The number of carbonyl (C=O) groups excluding carboxylic acids is 2. The zero-order valence-electron chi connectivity index (χ0n) is 8.38. The van der Waals surface area contributed by atoms with Crippen molar-refractivity contribution in [1.82, 2.24) is 10.9 Å². The molecule has 2 heterocycles. The van der Waals surface area contributed by atoms with Crippen LogP contribution in [0.15, 0.2) is 26.1 Å². The predicted molar refractivity (Wildman–Crippen MR) is 67.9 cm³/mol. The lowest BCUT2D eigenvalue weighted by Gasteiger charge is -2.01. The van der Waals surface area contributed by atoms with Crippen LogP contribution in [0.3, 0.4) is 0 Å². The topological polar surface area (TPSA) is 82.9 Å². The molecule has 0 saturated carbocycles. The summed E-state index contributed by atoms with van der Waals surface area (Å²) in [5.41, 5.74) is 4.46. The van der Waals surface area contributed by atoms with Crippen molar-refractivity contribution in [1.29, 1.82) is 0 Å². The largest absolute Gasteiger partial charge is 0.272 e. The Labute approximate surface area is 109 Å². The fourth-order valence-electron chi connectivity index (χ4n) is 1.13. The Kier molecular flexibility index (Phi) is 3.64. The Balaban J connectivity index is 1.90. The summed E-state index contributed by atoms with van der Waals surface area (Å²) in [7, 11) is 0. The number of halogens is 1. The fraction of sp³-hybridized carbons (Fsp3) is 0.111. The van der Waals surface area contributed by atoms with E-state index < -0.39 is 17.7 Å². The van der Waals surface area contributed by atoms with Crippen molar-refractivity contribution in [3.8, 4) is 0 Å². The monoisotopic (exact) mass is 314 g/mol. The number of rotatable bonds is 3. The third-order valence-electron chi connectivity index (χ3n) is 1.92. The van der Waals surface area contributed by atoms with Gasteiger partial charge in [-0.2, -0.15) is 10.2 Å². The van der Waals surface area contributed by atoms with E-state index in [9.17, 15) is 9.59 Å². The van der Waals surface area contributed by atoms with Crippen molar-refractivity contribution >= 4 is 51.5 Å². The molecule has 0 saturated heterocycles. The summed E-state index contributed by atoms with van der Waals surface area (Å²) < 4.78 is 0.979. The average Bonchev–Trinajstić information content (AvgIpc) is 2.87. The lowest BCUT2D eigenvalue weighted by Crippen LogP contribution is -2.34. The van der Waals surface area contributed by atoms with Crippen LogP contribution in [0, 0.1) is 5.92 Å². The molecule has 0 bridgehead atoms. The van der Waals surface area contributed by atoms with E-state index in [1.807, 2.05) is 12.1 Å². The molecule has 1 aromatic heterocycles. The maximum atomic E-state index is 11.5. The number of amides is 2. The summed E-state index contributed by atoms with van der Waals surface area (Å²) in [5, 5.41) is 7.25. The first-order valence-corrected chi connectivity index (χ1v) is 6.19. The molecule has 0 aliphatic carbocycles. The number of nitrogens with one attached hydrogen (secondary N) is 2. The molecule has 0 fully saturated rings. The number of hydrogen-bond donors (Lipinski definition) is 2. The zero-order valence-corrected chi connectivity index (χ0v) is 10.8. The second-order valence-electron chi connectivity index (χ2n) is 3.11. The van der Waals surface area contributed by atoms with Gasteiger partial charge in [-0.1, -0.05) is 0 Å². The van der Waals surface area contributed by atoms with E-state index in [-0.39, 0.29) is 0 Å². The second kappa shape index (κ2) is 5.19. The lowest BCUT2D eigenvalue weighted by atomic mass is 10.1. The van der Waals surface area contributed by atoms with Gasteiger partial charge in [0.25, 0.3) is 11.8 Å². The van der Waals surface area contributed by atoms with E-state index in [0.29, 0.717) is 0 Å². The van der Waals surface area contributed by atoms with Gasteiger partial charge in [0.1, 0.15) is 0 Å². The van der Waals surface area contributed by atoms with Gasteiger partial charge in [-0.25, -0.2) is 10.9 Å². The minimum absolute atomic E-state index is 0.448. The smallest absolute Gasteiger partial charge is 0.258 e. The van der Waals surface area contributed by atoms with Crippen LogP contribution in [0.2, 0.25) is 0 Å². The molecule has 6 nitrogen and oxygen atoms in total. The van der Waals surface area contributed by atoms with Gasteiger partial charge < -0.3 is 0 Å². The molecule has 0 spiro atoms. The first-order chi connectivity index (χ1) is 8.16. The molecule has 2 rings (SSSR count). The molecule has 8 heteroatoms. The Morgan fingerprint density at radius 1 is 1.65 bits per heavy atom. The van der Waals surface area contributed by atoms with Crippen molar-refractivity contribution < 1.29 is 9.59 Å². The van der Waals surface area contributed by atoms with E-state index in [1.165, 1.54) is 23.8 Å². The zero-order chi connectivity index (χ0) is 12.3. The molecule has 1 atom stereocenters. The summed E-state index contributed by atoms with van der Waals surface area (Å²) in [6, 6.07) is 3.74. The molecule has 0 radical (unpaired) electrons. The van der Waals surface area contributed by atoms with E-state index in [4.69, 9.17) is 0 Å². The van der Waals surface area contributed by atoms with Crippen molar-refractivity contribution in [2.24, 2.45) is 16.1 Å². The van der Waals surface area contributed by atoms with E-state index in [1.54, 1.807) is 0 Å². The highest BCUT2D eigenvalue weighted by Gasteiger charge is 2.28. The fourth-order valence-corrected chi connectivity index (χ4v) is 2.42. The quantitative estimate of drug-likeness (QED) is 0.489. The van der Waals surface area contributed by atoms with Gasteiger partial charge in [-0.15, -0.1) is 11.3 Å². The molecular formula is C9H7BrN4O2S. The second-order valence-corrected chi connectivity index (χ2v) is 5.60. The highest BCUT2D eigenvalue weighted by atomic mass is 79.9. The van der Waals surface area contributed by atoms with Crippen molar-refractivity contribution in [2.45, 2.75) is 0 Å². The Morgan fingerprint density at radius 3 is 3.06 bits per heavy atom. The van der Waals surface area contributed by atoms with E-state index in [2.05, 4.69) is 37.0 Å². The van der Waals surface area contributed by atoms with Gasteiger partial charge in [0, 0.05) is 11.1 Å². The van der Waals surface area contributed by atoms with Crippen LogP contribution in [-0.2, 0) is 9.59 Å². The molecule has 17 heavy (non-hydrogen) atoms. The van der Waals surface area contributed by atoms with Crippen LogP contribution in [0.4, 0.5) is 0 Å². The first-order valence-electron chi connectivity index (χ1n) is 4.58. The Bertz CT molecular complexity index is 511. The molecule has 1 aliphatic heterocycles. The van der Waals surface area contributed by atoms with Crippen LogP contribution in [0.5, 0.6) is 0 Å². The number of hydrazone groups is 2. The SMILES string of the molecule is O=C(NN=Cc1ccc(Br)s1)C1C=NNC1=O. The van der Waals surface area contributed by atoms with Gasteiger partial charge in [0.2, 0.25) is 0 Å². The van der Waals surface area contributed by atoms with E-state index in [0.717, 1.165) is 8.66 Å². The van der Waals surface area contributed by atoms with Crippen LogP contribution < -0.4 is 10.9 Å². The summed E-state index contributed by atoms with van der Waals surface area (Å²) in [6.07, 6.45) is 2.76. The van der Waals surface area contributed by atoms with E-state index >= 15 is 0 Å². The maximum Gasteiger partial charge on any atom is 0.258 e. The van der Waals surface area contributed by atoms with Gasteiger partial charge in [0.15, 0.2) is 5.92 Å². The van der Waals surface area contributed by atoms with Crippen molar-refractivity contribution in [2.75, 3.05) is 0 Å². The Morgan fingerprint density at radius 2 is 2.47 bits per heavy atom.